The second kappa shape index (κ2) is 4.39. The molecule has 1 aliphatic heterocycles. The van der Waals surface area contributed by atoms with E-state index < -0.39 is 0 Å². The van der Waals surface area contributed by atoms with Crippen LogP contribution < -0.4 is 11.1 Å². The molecule has 3 N–H and O–H groups in total. The van der Waals surface area contributed by atoms with Crippen molar-refractivity contribution in [3.8, 4) is 0 Å². The molecule has 0 aliphatic carbocycles. The number of hydrogen-bond donors (Lipinski definition) is 2. The third-order valence-electron chi connectivity index (χ3n) is 3.45. The third kappa shape index (κ3) is 1.95. The Balaban J connectivity index is 2.14. The molecule has 1 amide bonds. The maximum absolute atomic E-state index is 13.3. The molecule has 0 radical (unpaired) electrons. The van der Waals surface area contributed by atoms with Crippen molar-refractivity contribution in [1.82, 2.24) is 5.32 Å². The molecule has 3 nitrogen and oxygen atoms in total. The van der Waals surface area contributed by atoms with E-state index in [1.807, 2.05) is 18.2 Å². The van der Waals surface area contributed by atoms with Gasteiger partial charge in [-0.05, 0) is 29.3 Å². The van der Waals surface area contributed by atoms with E-state index in [-0.39, 0.29) is 17.6 Å². The summed E-state index contributed by atoms with van der Waals surface area (Å²) in [4.78, 5) is 11.9. The molecule has 0 saturated heterocycles. The Labute approximate surface area is 110 Å². The van der Waals surface area contributed by atoms with Gasteiger partial charge in [0.2, 0.25) is 0 Å². The Kier molecular flexibility index (Phi) is 2.71. The fraction of sp³-hybridized carbons (Fsp3) is 0.133. The quantitative estimate of drug-likeness (QED) is 0.769. The van der Waals surface area contributed by atoms with Gasteiger partial charge in [-0.3, -0.25) is 4.79 Å². The molecule has 19 heavy (non-hydrogen) atoms. The van der Waals surface area contributed by atoms with Crippen LogP contribution in [0.1, 0.15) is 27.4 Å². The molecular weight excluding hydrogens is 243 g/mol. The van der Waals surface area contributed by atoms with Gasteiger partial charge in [0, 0.05) is 18.2 Å². The van der Waals surface area contributed by atoms with Crippen LogP contribution in [0.25, 0.3) is 0 Å². The first-order valence-corrected chi connectivity index (χ1v) is 6.09. The van der Waals surface area contributed by atoms with Gasteiger partial charge in [0.25, 0.3) is 5.91 Å². The van der Waals surface area contributed by atoms with E-state index in [1.54, 1.807) is 12.1 Å². The minimum atomic E-state index is -0.278. The van der Waals surface area contributed by atoms with E-state index in [0.29, 0.717) is 17.8 Å². The van der Waals surface area contributed by atoms with Crippen LogP contribution in [0.4, 0.5) is 10.1 Å². The number of anilines is 1. The molecule has 0 aromatic heterocycles. The molecule has 1 unspecified atom stereocenters. The van der Waals surface area contributed by atoms with Crippen LogP contribution in [0, 0.1) is 5.82 Å². The Morgan fingerprint density at radius 1 is 1.21 bits per heavy atom. The van der Waals surface area contributed by atoms with Crippen LogP contribution in [-0.4, -0.2) is 12.5 Å². The molecule has 0 bridgehead atoms. The van der Waals surface area contributed by atoms with E-state index in [1.165, 1.54) is 12.1 Å². The van der Waals surface area contributed by atoms with Crippen molar-refractivity contribution in [3.63, 3.8) is 0 Å². The summed E-state index contributed by atoms with van der Waals surface area (Å²) in [6.45, 7) is 0.457. The van der Waals surface area contributed by atoms with E-state index in [0.717, 1.165) is 11.1 Å². The number of nitrogens with two attached hydrogens (primary N) is 1. The Morgan fingerprint density at radius 2 is 2.00 bits per heavy atom. The predicted molar refractivity (Wildman–Crippen MR) is 71.4 cm³/mol. The topological polar surface area (TPSA) is 55.1 Å². The normalized spacial score (nSPS) is 17.7. The van der Waals surface area contributed by atoms with Crippen molar-refractivity contribution in [1.29, 1.82) is 0 Å². The first kappa shape index (κ1) is 11.7. The van der Waals surface area contributed by atoms with Gasteiger partial charge in [0.1, 0.15) is 5.82 Å². The van der Waals surface area contributed by atoms with Crippen LogP contribution >= 0.6 is 0 Å². The lowest BCUT2D eigenvalue weighted by Gasteiger charge is -2.27. The first-order chi connectivity index (χ1) is 9.16. The summed E-state index contributed by atoms with van der Waals surface area (Å²) in [7, 11) is 0. The highest BCUT2D eigenvalue weighted by Gasteiger charge is 2.28. The van der Waals surface area contributed by atoms with E-state index in [2.05, 4.69) is 5.32 Å². The van der Waals surface area contributed by atoms with Crippen molar-refractivity contribution >= 4 is 11.6 Å². The number of nitrogens with one attached hydrogen (secondary N) is 1. The van der Waals surface area contributed by atoms with Crippen molar-refractivity contribution < 1.29 is 9.18 Å². The molecule has 3 rings (SSSR count). The summed E-state index contributed by atoms with van der Waals surface area (Å²) >= 11 is 0. The lowest BCUT2D eigenvalue weighted by Crippen LogP contribution is -2.36. The highest BCUT2D eigenvalue weighted by molar-refractivity contribution is 6.02. The maximum atomic E-state index is 13.3. The smallest absolute Gasteiger partial charge is 0.253 e. The van der Waals surface area contributed by atoms with Crippen LogP contribution in [0.5, 0.6) is 0 Å². The van der Waals surface area contributed by atoms with Gasteiger partial charge in [-0.15, -0.1) is 0 Å². The molecular formula is C15H13FN2O. The van der Waals surface area contributed by atoms with Crippen LogP contribution in [0.15, 0.2) is 42.5 Å². The Morgan fingerprint density at radius 3 is 2.79 bits per heavy atom. The average molecular weight is 256 g/mol. The van der Waals surface area contributed by atoms with E-state index in [9.17, 15) is 9.18 Å². The standard InChI is InChI=1S/C15H13FN2O/c16-10-4-1-3-9(7-10)12-8-18-15(19)14-11(12)5-2-6-13(14)17/h1-7,12H,8,17H2,(H,18,19). The second-order valence-electron chi connectivity index (χ2n) is 4.63. The molecule has 96 valence electrons. The van der Waals surface area contributed by atoms with Crippen LogP contribution in [0.2, 0.25) is 0 Å². The molecule has 0 fully saturated rings. The molecule has 2 aromatic carbocycles. The van der Waals surface area contributed by atoms with E-state index in [4.69, 9.17) is 5.73 Å². The summed E-state index contributed by atoms with van der Waals surface area (Å²) < 4.78 is 13.3. The summed E-state index contributed by atoms with van der Waals surface area (Å²) in [5.74, 6) is -0.507. The van der Waals surface area contributed by atoms with Crippen LogP contribution in [-0.2, 0) is 0 Å². The fourth-order valence-electron chi connectivity index (χ4n) is 2.56. The van der Waals surface area contributed by atoms with Crippen molar-refractivity contribution in [2.75, 3.05) is 12.3 Å². The molecule has 1 aliphatic rings. The number of hydrogen-bond acceptors (Lipinski definition) is 2. The summed E-state index contributed by atoms with van der Waals surface area (Å²) in [5.41, 5.74) is 8.52. The fourth-order valence-corrected chi connectivity index (χ4v) is 2.56. The Bertz CT molecular complexity index is 654. The number of carbonyl (C=O) groups is 1. The highest BCUT2D eigenvalue weighted by Crippen LogP contribution is 2.32. The molecule has 1 atom stereocenters. The number of nitrogen functional groups attached to an aromatic ring is 1. The molecule has 2 aromatic rings. The number of fused-ring (bicyclic) bond motifs is 1. The largest absolute Gasteiger partial charge is 0.398 e. The van der Waals surface area contributed by atoms with E-state index >= 15 is 0 Å². The first-order valence-electron chi connectivity index (χ1n) is 6.09. The zero-order valence-electron chi connectivity index (χ0n) is 10.2. The van der Waals surface area contributed by atoms with Gasteiger partial charge >= 0.3 is 0 Å². The van der Waals surface area contributed by atoms with Crippen molar-refractivity contribution in [2.45, 2.75) is 5.92 Å². The summed E-state index contributed by atoms with van der Waals surface area (Å²) in [5, 5.41) is 2.81. The number of carbonyl (C=O) groups excluding carboxylic acids is 1. The molecule has 0 spiro atoms. The monoisotopic (exact) mass is 256 g/mol. The van der Waals surface area contributed by atoms with Gasteiger partial charge in [0.15, 0.2) is 0 Å². The SMILES string of the molecule is Nc1cccc2c1C(=O)NCC2c1cccc(F)c1. The highest BCUT2D eigenvalue weighted by atomic mass is 19.1. The number of halogens is 1. The molecule has 0 saturated carbocycles. The average Bonchev–Trinajstić information content (AvgIpc) is 2.39. The van der Waals surface area contributed by atoms with Gasteiger partial charge < -0.3 is 11.1 Å². The number of rotatable bonds is 1. The number of amides is 1. The second-order valence-corrected chi connectivity index (χ2v) is 4.63. The molecule has 4 heteroatoms. The van der Waals surface area contributed by atoms with Gasteiger partial charge in [0.05, 0.1) is 5.56 Å². The minimum Gasteiger partial charge on any atom is -0.398 e. The summed E-state index contributed by atoms with van der Waals surface area (Å²) in [6, 6.07) is 11.8. The van der Waals surface area contributed by atoms with Crippen molar-refractivity contribution in [2.24, 2.45) is 0 Å². The zero-order valence-corrected chi connectivity index (χ0v) is 10.2. The lowest BCUT2D eigenvalue weighted by atomic mass is 9.84. The minimum absolute atomic E-state index is 0.0631. The zero-order chi connectivity index (χ0) is 13.4. The number of benzene rings is 2. The van der Waals surface area contributed by atoms with Gasteiger partial charge in [-0.1, -0.05) is 24.3 Å². The molecule has 1 heterocycles. The lowest BCUT2D eigenvalue weighted by molar-refractivity contribution is 0.0944. The Hall–Kier alpha value is -2.36. The summed E-state index contributed by atoms with van der Waals surface area (Å²) in [6.07, 6.45) is 0. The third-order valence-corrected chi connectivity index (χ3v) is 3.45. The van der Waals surface area contributed by atoms with Crippen LogP contribution in [0.3, 0.4) is 0 Å². The van der Waals surface area contributed by atoms with Gasteiger partial charge in [-0.25, -0.2) is 4.39 Å². The maximum Gasteiger partial charge on any atom is 0.253 e. The van der Waals surface area contributed by atoms with Gasteiger partial charge in [-0.2, -0.15) is 0 Å². The predicted octanol–water partition coefficient (Wildman–Crippen LogP) is 2.28. The van der Waals surface area contributed by atoms with Crippen molar-refractivity contribution in [3.05, 3.63) is 65.0 Å².